The van der Waals surface area contributed by atoms with Crippen LogP contribution in [0.2, 0.25) is 0 Å². The number of phosphoric acid groups is 1. The molecule has 94 heavy (non-hydrogen) atoms. The van der Waals surface area contributed by atoms with Gasteiger partial charge in [-0.3, -0.25) is 14.2 Å². The van der Waals surface area contributed by atoms with Gasteiger partial charge in [0.15, 0.2) is 6.10 Å². The maximum atomic E-state index is 12.9. The van der Waals surface area contributed by atoms with Gasteiger partial charge < -0.3 is 27.9 Å². The number of nitrogens with zero attached hydrogens (tertiary/aromatic N) is 1. The van der Waals surface area contributed by atoms with E-state index in [9.17, 15) is 19.0 Å². The summed E-state index contributed by atoms with van der Waals surface area (Å²) in [4.78, 5) is 38.2. The Labute approximate surface area is 583 Å². The molecule has 0 heterocycles. The molecule has 0 aromatic heterocycles. The first-order valence-electron chi connectivity index (χ1n) is 40.3. The lowest BCUT2D eigenvalue weighted by molar-refractivity contribution is -0.870. The zero-order chi connectivity index (χ0) is 68.3. The number of likely N-dealkylation sites (N-methyl/N-ethyl adjacent to an activating group) is 1. The van der Waals surface area contributed by atoms with E-state index < -0.39 is 26.5 Å². The van der Waals surface area contributed by atoms with E-state index >= 15 is 0 Å². The number of ether oxygens (including phenoxy) is 2. The number of quaternary nitrogens is 1. The zero-order valence-corrected chi connectivity index (χ0v) is 63.6. The Morgan fingerprint density at radius 1 is 0.340 bits per heavy atom. The summed E-state index contributed by atoms with van der Waals surface area (Å²) in [7, 11) is 1.18. The molecule has 0 spiro atoms. The van der Waals surface area contributed by atoms with E-state index in [4.69, 9.17) is 18.5 Å². The number of rotatable bonds is 75. The van der Waals surface area contributed by atoms with Gasteiger partial charge >= 0.3 is 11.9 Å². The van der Waals surface area contributed by atoms with E-state index in [1.54, 1.807) is 0 Å². The van der Waals surface area contributed by atoms with Gasteiger partial charge in [-0.25, -0.2) is 0 Å². The van der Waals surface area contributed by atoms with Crippen LogP contribution in [-0.4, -0.2) is 70.0 Å². The molecule has 0 aromatic carbocycles. The van der Waals surface area contributed by atoms with Gasteiger partial charge in [-0.1, -0.05) is 369 Å². The van der Waals surface area contributed by atoms with Crippen molar-refractivity contribution in [2.45, 2.75) is 392 Å². The number of unbranched alkanes of at least 4 members (excludes halogenated alkanes) is 47. The van der Waals surface area contributed by atoms with E-state index in [1.807, 2.05) is 21.1 Å². The molecule has 0 saturated carbocycles. The normalized spacial score (nSPS) is 13.5. The number of phosphoric ester groups is 1. The Hall–Kier alpha value is -2.81. The Balaban J connectivity index is 3.91. The van der Waals surface area contributed by atoms with E-state index in [0.717, 1.165) is 77.0 Å². The molecule has 2 atom stereocenters. The van der Waals surface area contributed by atoms with Crippen molar-refractivity contribution in [2.24, 2.45) is 0 Å². The Morgan fingerprint density at radius 2 is 0.606 bits per heavy atom. The highest BCUT2D eigenvalue weighted by atomic mass is 31.2. The van der Waals surface area contributed by atoms with Crippen molar-refractivity contribution in [1.29, 1.82) is 0 Å². The summed E-state index contributed by atoms with van der Waals surface area (Å²) in [5.74, 6) is -0.814. The van der Waals surface area contributed by atoms with Crippen molar-refractivity contribution >= 4 is 19.8 Å². The van der Waals surface area contributed by atoms with E-state index in [1.165, 1.54) is 276 Å². The van der Waals surface area contributed by atoms with Crippen molar-refractivity contribution in [2.75, 3.05) is 47.5 Å². The lowest BCUT2D eigenvalue weighted by atomic mass is 10.0. The van der Waals surface area contributed by atoms with Crippen LogP contribution in [0.5, 0.6) is 0 Å². The average Bonchev–Trinajstić information content (AvgIpc) is 1.66. The molecule has 0 rings (SSSR count). The monoisotopic (exact) mass is 1340 g/mol. The molecule has 9 nitrogen and oxygen atoms in total. The molecule has 0 aliphatic heterocycles. The van der Waals surface area contributed by atoms with Gasteiger partial charge in [0.05, 0.1) is 27.7 Å². The van der Waals surface area contributed by atoms with Crippen LogP contribution in [0.1, 0.15) is 386 Å². The average molecular weight is 1340 g/mol. The SMILES string of the molecule is CC/C=C\C/C=C\C/C=C\C/C=C\CCCCCCCCCCCCCCCCCCCCC(=O)OC(COC(=O)CCCCCCCCCCCCCCCCCCCCCCCCCC/C=C\C/C=C\C/C=C\CCCCCCC)COP(=O)([O-])OCC[N+](C)(C)C. The van der Waals surface area contributed by atoms with Crippen molar-refractivity contribution in [3.63, 3.8) is 0 Å². The smallest absolute Gasteiger partial charge is 0.306 e. The molecule has 0 bridgehead atoms. The van der Waals surface area contributed by atoms with Crippen LogP contribution in [0.25, 0.3) is 0 Å². The highest BCUT2D eigenvalue weighted by Gasteiger charge is 2.22. The molecule has 0 radical (unpaired) electrons. The van der Waals surface area contributed by atoms with E-state index in [0.29, 0.717) is 17.4 Å². The molecule has 0 aliphatic rings. The summed E-state index contributed by atoms with van der Waals surface area (Å²) in [6.07, 6.45) is 103. The van der Waals surface area contributed by atoms with Crippen LogP contribution in [0, 0.1) is 0 Å². The number of hydrogen-bond donors (Lipinski definition) is 0. The summed E-state index contributed by atoms with van der Waals surface area (Å²) in [6.45, 7) is 4.17. The van der Waals surface area contributed by atoms with Gasteiger partial charge in [-0.05, 0) is 89.9 Å². The van der Waals surface area contributed by atoms with Crippen LogP contribution in [0.4, 0.5) is 0 Å². The third-order valence-corrected chi connectivity index (χ3v) is 18.9. The summed E-state index contributed by atoms with van der Waals surface area (Å²) < 4.78 is 34.4. The van der Waals surface area contributed by atoms with Crippen molar-refractivity contribution < 1.29 is 42.1 Å². The van der Waals surface area contributed by atoms with Gasteiger partial charge in [-0.15, -0.1) is 0 Å². The minimum absolute atomic E-state index is 0.0301. The molecule has 2 unspecified atom stereocenters. The topological polar surface area (TPSA) is 111 Å². The van der Waals surface area contributed by atoms with Crippen LogP contribution in [-0.2, 0) is 32.7 Å². The molecule has 0 aromatic rings. The highest BCUT2D eigenvalue weighted by Crippen LogP contribution is 2.38. The maximum Gasteiger partial charge on any atom is 0.306 e. The first-order chi connectivity index (χ1) is 46.0. The van der Waals surface area contributed by atoms with Crippen LogP contribution in [0.15, 0.2) is 85.1 Å². The number of allylic oxidation sites excluding steroid dienone is 14. The molecule has 548 valence electrons. The fourth-order valence-electron chi connectivity index (χ4n) is 11.8. The highest BCUT2D eigenvalue weighted by molar-refractivity contribution is 7.45. The zero-order valence-electron chi connectivity index (χ0n) is 62.7. The second kappa shape index (κ2) is 74.4. The molecule has 0 saturated heterocycles. The van der Waals surface area contributed by atoms with Crippen LogP contribution >= 0.6 is 7.82 Å². The second-order valence-electron chi connectivity index (χ2n) is 28.4. The molecule has 0 aliphatic carbocycles. The van der Waals surface area contributed by atoms with Crippen LogP contribution in [0.3, 0.4) is 0 Å². The number of carbonyl (C=O) groups excluding carboxylic acids is 2. The number of hydrogen-bond acceptors (Lipinski definition) is 8. The molecule has 10 heteroatoms. The molecular weight excluding hydrogens is 1180 g/mol. The molecule has 0 N–H and O–H groups in total. The summed E-state index contributed by atoms with van der Waals surface area (Å²) >= 11 is 0. The maximum absolute atomic E-state index is 12.9. The Bertz CT molecular complexity index is 1860. The van der Waals surface area contributed by atoms with Crippen molar-refractivity contribution in [3.8, 4) is 0 Å². The Morgan fingerprint density at radius 3 is 0.904 bits per heavy atom. The minimum atomic E-state index is -4.65. The van der Waals surface area contributed by atoms with E-state index in [-0.39, 0.29) is 32.0 Å². The van der Waals surface area contributed by atoms with Gasteiger partial charge in [0.25, 0.3) is 7.82 Å². The van der Waals surface area contributed by atoms with Gasteiger partial charge in [0.1, 0.15) is 19.8 Å². The predicted octanol–water partition coefficient (Wildman–Crippen LogP) is 26.2. The van der Waals surface area contributed by atoms with Crippen LogP contribution < -0.4 is 4.89 Å². The number of esters is 2. The third-order valence-electron chi connectivity index (χ3n) is 17.9. The molecule has 0 amide bonds. The summed E-state index contributed by atoms with van der Waals surface area (Å²) in [6, 6.07) is 0. The molecular formula is C84H154NO8P. The van der Waals surface area contributed by atoms with Crippen molar-refractivity contribution in [3.05, 3.63) is 85.1 Å². The largest absolute Gasteiger partial charge is 0.756 e. The second-order valence-corrected chi connectivity index (χ2v) is 29.8. The fourth-order valence-corrected chi connectivity index (χ4v) is 12.5. The first kappa shape index (κ1) is 91.2. The van der Waals surface area contributed by atoms with Gasteiger partial charge in [0.2, 0.25) is 0 Å². The summed E-state index contributed by atoms with van der Waals surface area (Å²) in [5.41, 5.74) is 0. The van der Waals surface area contributed by atoms with Gasteiger partial charge in [-0.2, -0.15) is 0 Å². The quantitative estimate of drug-likeness (QED) is 0.0195. The summed E-state index contributed by atoms with van der Waals surface area (Å²) in [5, 5.41) is 0. The van der Waals surface area contributed by atoms with Gasteiger partial charge in [0, 0.05) is 12.8 Å². The number of carbonyl (C=O) groups is 2. The Kier molecular flexibility index (Phi) is 72.2. The fraction of sp³-hybridized carbons (Fsp3) is 0.810. The third kappa shape index (κ3) is 78.2. The van der Waals surface area contributed by atoms with Crippen molar-refractivity contribution in [1.82, 2.24) is 0 Å². The lowest BCUT2D eigenvalue weighted by Gasteiger charge is -2.28. The van der Waals surface area contributed by atoms with E-state index in [2.05, 4.69) is 98.9 Å². The standard InChI is InChI=1S/C84H154NO8P/c1-6-8-10-12-14-16-18-20-22-24-26-28-30-32-34-36-38-39-40-41-42-43-44-45-47-48-50-52-54-56-58-60-62-64-66-68-70-72-74-76-83(86)90-80-82(81-92-94(88,89)91-79-78-85(3,4)5)93-84(87)77-75-73-71-69-67-65-63-61-59-57-55-53-51-49-46-37-35-33-31-29-27-25-23-21-19-17-15-13-11-9-7-2/h9,11,15,17-18,20-21,23-24,26-27,29-30,32,82H,6-8,10,12-14,16,19,22,25,28,31,33-81H2,1-5H3/b11-9-,17-15-,20-18-,23-21-,26-24-,29-27-,32-30-. The predicted molar refractivity (Wildman–Crippen MR) is 406 cm³/mol. The molecule has 0 fully saturated rings. The minimum Gasteiger partial charge on any atom is -0.756 e. The first-order valence-corrected chi connectivity index (χ1v) is 41.8. The lowest BCUT2D eigenvalue weighted by Crippen LogP contribution is -2.37.